The fraction of sp³-hybridized carbons (Fsp3) is 0.476. The molecule has 1 aliphatic carbocycles. The van der Waals surface area contributed by atoms with Gasteiger partial charge < -0.3 is 15.6 Å². The van der Waals surface area contributed by atoms with Gasteiger partial charge >= 0.3 is 6.03 Å². The monoisotopic (exact) mass is 382 g/mol. The van der Waals surface area contributed by atoms with Gasteiger partial charge in [-0.15, -0.1) is 0 Å². The third-order valence-electron chi connectivity index (χ3n) is 5.75. The van der Waals surface area contributed by atoms with Crippen molar-refractivity contribution in [2.45, 2.75) is 57.0 Å². The zero-order valence-corrected chi connectivity index (χ0v) is 15.9. The number of amides is 4. The summed E-state index contributed by atoms with van der Waals surface area (Å²) in [5.74, 6) is -0.479. The fourth-order valence-electron chi connectivity index (χ4n) is 4.22. The van der Waals surface area contributed by atoms with Crippen molar-refractivity contribution in [2.75, 3.05) is 6.54 Å². The molecule has 7 nitrogen and oxygen atoms in total. The molecule has 7 heteroatoms. The van der Waals surface area contributed by atoms with Crippen LogP contribution in [0, 0.1) is 0 Å². The van der Waals surface area contributed by atoms with Gasteiger partial charge in [0.05, 0.1) is 6.42 Å². The minimum absolute atomic E-state index is 0.00462. The third kappa shape index (κ3) is 3.88. The molecule has 2 fully saturated rings. The molecule has 0 radical (unpaired) electrons. The lowest BCUT2D eigenvalue weighted by Gasteiger charge is -2.23. The van der Waals surface area contributed by atoms with Crippen LogP contribution >= 0.6 is 0 Å². The lowest BCUT2D eigenvalue weighted by atomic mass is 9.95. The maximum absolute atomic E-state index is 12.6. The normalized spacial score (nSPS) is 20.6. The van der Waals surface area contributed by atoms with Crippen LogP contribution in [0.4, 0.5) is 4.79 Å². The van der Waals surface area contributed by atoms with Gasteiger partial charge in [0.2, 0.25) is 5.91 Å². The molecule has 148 valence electrons. The Balaban J connectivity index is 1.32. The van der Waals surface area contributed by atoms with E-state index in [9.17, 15) is 14.4 Å². The molecule has 4 amide bonds. The molecule has 1 aromatic heterocycles. The van der Waals surface area contributed by atoms with Gasteiger partial charge in [-0.3, -0.25) is 14.5 Å². The van der Waals surface area contributed by atoms with Crippen molar-refractivity contribution < 1.29 is 14.4 Å². The fourth-order valence-corrected chi connectivity index (χ4v) is 4.22. The number of benzene rings is 1. The first-order chi connectivity index (χ1) is 13.6. The quantitative estimate of drug-likeness (QED) is 0.670. The molecule has 28 heavy (non-hydrogen) atoms. The van der Waals surface area contributed by atoms with Crippen LogP contribution in [0.15, 0.2) is 30.5 Å². The Kier molecular flexibility index (Phi) is 5.32. The van der Waals surface area contributed by atoms with Crippen LogP contribution in [-0.4, -0.2) is 46.4 Å². The van der Waals surface area contributed by atoms with E-state index in [1.54, 1.807) is 0 Å². The van der Waals surface area contributed by atoms with E-state index in [2.05, 4.69) is 15.6 Å². The maximum Gasteiger partial charge on any atom is 0.324 e. The van der Waals surface area contributed by atoms with Crippen molar-refractivity contribution in [3.8, 4) is 0 Å². The maximum atomic E-state index is 12.6. The Morgan fingerprint density at radius 1 is 1.14 bits per heavy atom. The van der Waals surface area contributed by atoms with E-state index in [1.807, 2.05) is 30.5 Å². The van der Waals surface area contributed by atoms with Gasteiger partial charge in [-0.25, -0.2) is 4.79 Å². The molecule has 0 bridgehead atoms. The van der Waals surface area contributed by atoms with Crippen LogP contribution in [0.1, 0.15) is 44.1 Å². The summed E-state index contributed by atoms with van der Waals surface area (Å²) in [6.45, 7) is 0.299. The Morgan fingerprint density at radius 2 is 1.93 bits per heavy atom. The summed E-state index contributed by atoms with van der Waals surface area (Å²) < 4.78 is 0. The highest BCUT2D eigenvalue weighted by Gasteiger charge is 2.39. The smallest absolute Gasteiger partial charge is 0.324 e. The van der Waals surface area contributed by atoms with Crippen molar-refractivity contribution in [1.82, 2.24) is 20.5 Å². The van der Waals surface area contributed by atoms with Gasteiger partial charge in [-0.2, -0.15) is 0 Å². The zero-order chi connectivity index (χ0) is 19.5. The minimum Gasteiger partial charge on any atom is -0.361 e. The first-order valence-corrected chi connectivity index (χ1v) is 10.1. The van der Waals surface area contributed by atoms with Gasteiger partial charge in [0.1, 0.15) is 6.04 Å². The zero-order valence-electron chi connectivity index (χ0n) is 15.9. The van der Waals surface area contributed by atoms with Crippen LogP contribution in [0.5, 0.6) is 0 Å². The Bertz CT molecular complexity index is 885. The van der Waals surface area contributed by atoms with E-state index < -0.39 is 12.1 Å². The van der Waals surface area contributed by atoms with Crippen LogP contribution in [0.2, 0.25) is 0 Å². The van der Waals surface area contributed by atoms with Crippen molar-refractivity contribution >= 4 is 28.7 Å². The van der Waals surface area contributed by atoms with Crippen LogP contribution < -0.4 is 10.6 Å². The molecular weight excluding hydrogens is 356 g/mol. The molecular formula is C21H26N4O3. The topological polar surface area (TPSA) is 94.3 Å². The lowest BCUT2D eigenvalue weighted by molar-refractivity contribution is -0.131. The average Bonchev–Trinajstić information content (AvgIpc) is 3.22. The number of rotatable bonds is 6. The van der Waals surface area contributed by atoms with Crippen molar-refractivity contribution in [2.24, 2.45) is 0 Å². The number of carbonyl (C=O) groups is 3. The number of nitrogens with one attached hydrogen (secondary N) is 3. The number of H-pyrrole nitrogens is 1. The number of imide groups is 1. The number of nitrogens with zero attached hydrogens (tertiary/aromatic N) is 1. The first-order valence-electron chi connectivity index (χ1n) is 10.1. The number of fused-ring (bicyclic) bond motifs is 1. The first kappa shape index (κ1) is 18.5. The summed E-state index contributed by atoms with van der Waals surface area (Å²) >= 11 is 0. The third-order valence-corrected chi connectivity index (χ3v) is 5.75. The van der Waals surface area contributed by atoms with Crippen LogP contribution in [0.3, 0.4) is 0 Å². The molecule has 4 rings (SSSR count). The highest BCUT2D eigenvalue weighted by atomic mass is 16.2. The summed E-state index contributed by atoms with van der Waals surface area (Å²) in [7, 11) is 0. The molecule has 0 spiro atoms. The summed E-state index contributed by atoms with van der Waals surface area (Å²) in [6, 6.07) is 6.96. The predicted molar refractivity (Wildman–Crippen MR) is 106 cm³/mol. The molecule has 1 aliphatic heterocycles. The Morgan fingerprint density at radius 3 is 2.75 bits per heavy atom. The van der Waals surface area contributed by atoms with Gasteiger partial charge in [0.25, 0.3) is 5.91 Å². The molecule has 1 saturated heterocycles. The predicted octanol–water partition coefficient (Wildman–Crippen LogP) is 2.47. The van der Waals surface area contributed by atoms with E-state index in [0.29, 0.717) is 13.0 Å². The summed E-state index contributed by atoms with van der Waals surface area (Å²) in [5.41, 5.74) is 2.10. The number of aromatic amines is 1. The molecule has 2 aliphatic rings. The van der Waals surface area contributed by atoms with E-state index in [4.69, 9.17) is 0 Å². The molecule has 1 atom stereocenters. The summed E-state index contributed by atoms with van der Waals surface area (Å²) in [6.07, 6.45) is 7.96. The van der Waals surface area contributed by atoms with Crippen molar-refractivity contribution in [3.63, 3.8) is 0 Å². The molecule has 2 aromatic rings. The summed E-state index contributed by atoms with van der Waals surface area (Å²) in [5, 5.41) is 6.76. The van der Waals surface area contributed by atoms with E-state index >= 15 is 0 Å². The van der Waals surface area contributed by atoms with Crippen LogP contribution in [-0.2, 0) is 16.0 Å². The number of para-hydroxylation sites is 1. The standard InChI is InChI=1S/C21H26N4O3/c26-19(23-15-6-2-1-3-7-15)12-18-20(27)25(21(28)24-18)11-10-14-13-22-17-9-5-4-8-16(14)17/h4-5,8-9,13,15,18,22H,1-3,6-7,10-12H2,(H,23,26)(H,24,28)/t18-/m0/s1. The molecule has 2 heterocycles. The molecule has 1 aromatic carbocycles. The van der Waals surface area contributed by atoms with Crippen molar-refractivity contribution in [1.29, 1.82) is 0 Å². The summed E-state index contributed by atoms with van der Waals surface area (Å²) in [4.78, 5) is 41.6. The SMILES string of the molecule is O=C(C[C@@H]1NC(=O)N(CCc2c[nH]c3ccccc23)C1=O)NC1CCCCC1. The van der Waals surface area contributed by atoms with Gasteiger partial charge in [-0.1, -0.05) is 37.5 Å². The van der Waals surface area contributed by atoms with Crippen LogP contribution in [0.25, 0.3) is 10.9 Å². The minimum atomic E-state index is -0.765. The van der Waals surface area contributed by atoms with Gasteiger partial charge in [0.15, 0.2) is 0 Å². The Labute approximate surface area is 163 Å². The molecule has 0 unspecified atom stereocenters. The average molecular weight is 382 g/mol. The number of carbonyl (C=O) groups excluding carboxylic acids is 3. The van der Waals surface area contributed by atoms with Crippen molar-refractivity contribution in [3.05, 3.63) is 36.0 Å². The highest BCUT2D eigenvalue weighted by Crippen LogP contribution is 2.20. The lowest BCUT2D eigenvalue weighted by Crippen LogP contribution is -2.41. The number of aromatic nitrogens is 1. The highest BCUT2D eigenvalue weighted by molar-refractivity contribution is 6.05. The second-order valence-electron chi connectivity index (χ2n) is 7.71. The largest absolute Gasteiger partial charge is 0.361 e. The number of hydrogen-bond acceptors (Lipinski definition) is 3. The second kappa shape index (κ2) is 8.04. The number of urea groups is 1. The van der Waals surface area contributed by atoms with E-state index in [0.717, 1.165) is 42.1 Å². The molecule has 3 N–H and O–H groups in total. The van der Waals surface area contributed by atoms with E-state index in [-0.39, 0.29) is 24.3 Å². The Hall–Kier alpha value is -2.83. The molecule has 1 saturated carbocycles. The number of hydrogen-bond donors (Lipinski definition) is 3. The van der Waals surface area contributed by atoms with Gasteiger partial charge in [0, 0.05) is 29.7 Å². The van der Waals surface area contributed by atoms with E-state index in [1.165, 1.54) is 11.3 Å². The second-order valence-corrected chi connectivity index (χ2v) is 7.71. The van der Waals surface area contributed by atoms with Gasteiger partial charge in [-0.05, 0) is 30.9 Å².